The molecule has 2 saturated heterocycles. The Morgan fingerprint density at radius 2 is 2.05 bits per heavy atom. The lowest BCUT2D eigenvalue weighted by atomic mass is 10.2. The molecule has 2 N–H and O–H groups in total. The SMILES string of the molecule is Cl.O=C(CC1COCCN1)NCC(=O)N1CCCC1. The van der Waals surface area contributed by atoms with E-state index in [2.05, 4.69) is 10.6 Å². The Morgan fingerprint density at radius 3 is 2.68 bits per heavy atom. The summed E-state index contributed by atoms with van der Waals surface area (Å²) in [5.74, 6) is -0.0701. The summed E-state index contributed by atoms with van der Waals surface area (Å²) in [5.41, 5.74) is 0. The van der Waals surface area contributed by atoms with Crippen molar-refractivity contribution in [2.45, 2.75) is 25.3 Å². The molecule has 0 bridgehead atoms. The number of rotatable bonds is 4. The van der Waals surface area contributed by atoms with Crippen molar-refractivity contribution >= 4 is 24.2 Å². The minimum atomic E-state index is -0.0921. The minimum Gasteiger partial charge on any atom is -0.378 e. The maximum atomic E-state index is 11.7. The highest BCUT2D eigenvalue weighted by atomic mass is 35.5. The molecule has 110 valence electrons. The topological polar surface area (TPSA) is 70.7 Å². The summed E-state index contributed by atoms with van der Waals surface area (Å²) in [6.45, 7) is 3.82. The van der Waals surface area contributed by atoms with Gasteiger partial charge in [-0.25, -0.2) is 0 Å². The first-order valence-electron chi connectivity index (χ1n) is 6.61. The predicted octanol–water partition coefficient (Wildman–Crippen LogP) is -0.475. The zero-order valence-corrected chi connectivity index (χ0v) is 11.8. The summed E-state index contributed by atoms with van der Waals surface area (Å²) < 4.78 is 5.27. The van der Waals surface area contributed by atoms with Gasteiger partial charge in [-0.2, -0.15) is 0 Å². The molecule has 7 heteroatoms. The van der Waals surface area contributed by atoms with E-state index in [9.17, 15) is 9.59 Å². The largest absolute Gasteiger partial charge is 0.378 e. The van der Waals surface area contributed by atoms with Crippen molar-refractivity contribution in [2.24, 2.45) is 0 Å². The van der Waals surface area contributed by atoms with Crippen LogP contribution in [0.2, 0.25) is 0 Å². The van der Waals surface area contributed by atoms with Crippen LogP contribution in [0, 0.1) is 0 Å². The van der Waals surface area contributed by atoms with E-state index in [-0.39, 0.29) is 36.8 Å². The average molecular weight is 292 g/mol. The first-order valence-corrected chi connectivity index (χ1v) is 6.61. The molecule has 2 rings (SSSR count). The van der Waals surface area contributed by atoms with Crippen LogP contribution in [-0.4, -0.2) is 62.1 Å². The number of nitrogens with zero attached hydrogens (tertiary/aromatic N) is 1. The van der Waals surface area contributed by atoms with Crippen LogP contribution in [-0.2, 0) is 14.3 Å². The number of amides is 2. The monoisotopic (exact) mass is 291 g/mol. The molecule has 1 atom stereocenters. The van der Waals surface area contributed by atoms with E-state index in [0.717, 1.165) is 32.5 Å². The highest BCUT2D eigenvalue weighted by Gasteiger charge is 2.20. The van der Waals surface area contributed by atoms with Crippen LogP contribution in [0.3, 0.4) is 0 Å². The molecule has 0 aromatic heterocycles. The fourth-order valence-electron chi connectivity index (χ4n) is 2.30. The second-order valence-corrected chi connectivity index (χ2v) is 4.79. The van der Waals surface area contributed by atoms with Gasteiger partial charge in [0, 0.05) is 32.1 Å². The van der Waals surface area contributed by atoms with E-state index < -0.39 is 0 Å². The zero-order chi connectivity index (χ0) is 12.8. The first kappa shape index (κ1) is 16.2. The van der Waals surface area contributed by atoms with Crippen molar-refractivity contribution in [2.75, 3.05) is 39.4 Å². The van der Waals surface area contributed by atoms with E-state index >= 15 is 0 Å². The number of morpholine rings is 1. The van der Waals surface area contributed by atoms with Crippen molar-refractivity contribution in [1.82, 2.24) is 15.5 Å². The average Bonchev–Trinajstić information content (AvgIpc) is 2.91. The van der Waals surface area contributed by atoms with Crippen LogP contribution in [0.4, 0.5) is 0 Å². The molecular formula is C12H22ClN3O3. The number of halogens is 1. The third-order valence-corrected chi connectivity index (χ3v) is 3.33. The van der Waals surface area contributed by atoms with Gasteiger partial charge in [-0.15, -0.1) is 12.4 Å². The summed E-state index contributed by atoms with van der Waals surface area (Å²) in [5, 5.41) is 5.89. The molecule has 2 aliphatic rings. The van der Waals surface area contributed by atoms with Gasteiger partial charge >= 0.3 is 0 Å². The zero-order valence-electron chi connectivity index (χ0n) is 11.0. The molecule has 2 fully saturated rings. The minimum absolute atomic E-state index is 0. The molecule has 0 saturated carbocycles. The van der Waals surface area contributed by atoms with Crippen molar-refractivity contribution in [3.63, 3.8) is 0 Å². The molecule has 0 spiro atoms. The smallest absolute Gasteiger partial charge is 0.241 e. The number of carbonyl (C=O) groups excluding carboxylic acids is 2. The van der Waals surface area contributed by atoms with Gasteiger partial charge < -0.3 is 20.3 Å². The summed E-state index contributed by atoms with van der Waals surface area (Å²) in [4.78, 5) is 25.2. The standard InChI is InChI=1S/C12H21N3O3.ClH/c16-11(7-10-9-18-6-3-13-10)14-8-12(17)15-4-1-2-5-15;/h10,13H,1-9H2,(H,14,16);1H. The second kappa shape index (κ2) is 8.35. The normalized spacial score (nSPS) is 22.7. The van der Waals surface area contributed by atoms with Crippen LogP contribution in [0.5, 0.6) is 0 Å². The van der Waals surface area contributed by atoms with E-state index in [1.165, 1.54) is 0 Å². The number of hydrogen-bond donors (Lipinski definition) is 2. The lowest BCUT2D eigenvalue weighted by Crippen LogP contribution is -2.45. The molecule has 0 aliphatic carbocycles. The van der Waals surface area contributed by atoms with E-state index in [1.807, 2.05) is 4.90 Å². The molecule has 2 amide bonds. The van der Waals surface area contributed by atoms with Gasteiger partial charge in [-0.05, 0) is 12.8 Å². The molecule has 6 nitrogen and oxygen atoms in total. The second-order valence-electron chi connectivity index (χ2n) is 4.79. The van der Waals surface area contributed by atoms with Crippen LogP contribution in [0.15, 0.2) is 0 Å². The summed E-state index contributed by atoms with van der Waals surface area (Å²) in [6, 6.07) is 0.0700. The Labute approximate surface area is 119 Å². The van der Waals surface area contributed by atoms with E-state index in [4.69, 9.17) is 4.74 Å². The lowest BCUT2D eigenvalue weighted by Gasteiger charge is -2.23. The quantitative estimate of drug-likeness (QED) is 0.734. The molecule has 2 heterocycles. The number of hydrogen-bond acceptors (Lipinski definition) is 4. The predicted molar refractivity (Wildman–Crippen MR) is 73.3 cm³/mol. The Kier molecular flexibility index (Phi) is 7.12. The Bertz CT molecular complexity index is 303. The van der Waals surface area contributed by atoms with Crippen molar-refractivity contribution < 1.29 is 14.3 Å². The molecular weight excluding hydrogens is 270 g/mol. The fourth-order valence-corrected chi connectivity index (χ4v) is 2.30. The van der Waals surface area contributed by atoms with Gasteiger partial charge in [0.25, 0.3) is 0 Å². The van der Waals surface area contributed by atoms with Crippen molar-refractivity contribution in [3.8, 4) is 0 Å². The lowest BCUT2D eigenvalue weighted by molar-refractivity contribution is -0.132. The highest BCUT2D eigenvalue weighted by molar-refractivity contribution is 5.85. The summed E-state index contributed by atoms with van der Waals surface area (Å²) in [7, 11) is 0. The molecule has 0 aromatic rings. The molecule has 0 aromatic carbocycles. The fraction of sp³-hybridized carbons (Fsp3) is 0.833. The molecule has 2 aliphatic heterocycles. The highest BCUT2D eigenvalue weighted by Crippen LogP contribution is 2.06. The van der Waals surface area contributed by atoms with Crippen molar-refractivity contribution in [1.29, 1.82) is 0 Å². The molecule has 19 heavy (non-hydrogen) atoms. The Balaban J connectivity index is 0.00000180. The first-order chi connectivity index (χ1) is 8.75. The van der Waals surface area contributed by atoms with Crippen LogP contribution in [0.25, 0.3) is 0 Å². The van der Waals surface area contributed by atoms with Gasteiger partial charge in [0.15, 0.2) is 0 Å². The third-order valence-electron chi connectivity index (χ3n) is 3.33. The number of likely N-dealkylation sites (tertiary alicyclic amines) is 1. The maximum Gasteiger partial charge on any atom is 0.241 e. The molecule has 0 radical (unpaired) electrons. The number of nitrogens with one attached hydrogen (secondary N) is 2. The van der Waals surface area contributed by atoms with Gasteiger partial charge in [-0.1, -0.05) is 0 Å². The van der Waals surface area contributed by atoms with Gasteiger partial charge in [0.1, 0.15) is 0 Å². The van der Waals surface area contributed by atoms with E-state index in [0.29, 0.717) is 19.6 Å². The van der Waals surface area contributed by atoms with Gasteiger partial charge in [-0.3, -0.25) is 9.59 Å². The Hall–Kier alpha value is -0.850. The van der Waals surface area contributed by atoms with Crippen LogP contribution >= 0.6 is 12.4 Å². The van der Waals surface area contributed by atoms with Gasteiger partial charge in [0.2, 0.25) is 11.8 Å². The van der Waals surface area contributed by atoms with Gasteiger partial charge in [0.05, 0.1) is 19.8 Å². The maximum absolute atomic E-state index is 11.7. The summed E-state index contributed by atoms with van der Waals surface area (Å²) >= 11 is 0. The van der Waals surface area contributed by atoms with Crippen molar-refractivity contribution in [3.05, 3.63) is 0 Å². The number of ether oxygens (including phenoxy) is 1. The van der Waals surface area contributed by atoms with Crippen LogP contribution < -0.4 is 10.6 Å². The Morgan fingerprint density at radius 1 is 1.32 bits per heavy atom. The third kappa shape index (κ3) is 5.34. The van der Waals surface area contributed by atoms with E-state index in [1.54, 1.807) is 0 Å². The summed E-state index contributed by atoms with van der Waals surface area (Å²) in [6.07, 6.45) is 2.51. The molecule has 1 unspecified atom stereocenters. The number of carbonyl (C=O) groups is 2. The van der Waals surface area contributed by atoms with Crippen LogP contribution in [0.1, 0.15) is 19.3 Å².